The Bertz CT molecular complexity index is 3240. The lowest BCUT2D eigenvalue weighted by atomic mass is 9.99. The van der Waals surface area contributed by atoms with E-state index in [-0.39, 0.29) is 0 Å². The molecule has 0 unspecified atom stereocenters. The van der Waals surface area contributed by atoms with Gasteiger partial charge < -0.3 is 9.13 Å². The number of nitrogens with zero attached hydrogens (tertiary/aromatic N) is 10. The van der Waals surface area contributed by atoms with Crippen LogP contribution in [-0.4, -0.2) is 44.0 Å². The maximum atomic E-state index is 10.5. The van der Waals surface area contributed by atoms with E-state index in [4.69, 9.17) is 0 Å². The van der Waals surface area contributed by atoms with E-state index < -0.39 is 0 Å². The van der Waals surface area contributed by atoms with Gasteiger partial charge >= 0.3 is 0 Å². The summed E-state index contributed by atoms with van der Waals surface area (Å²) in [5.41, 5.74) is 9.97. The Morgan fingerprint density at radius 3 is 1.57 bits per heavy atom. The molecule has 0 saturated heterocycles. The zero-order valence-corrected chi connectivity index (χ0v) is 31.0. The minimum atomic E-state index is 0.551. The van der Waals surface area contributed by atoms with E-state index in [1.165, 1.54) is 0 Å². The van der Waals surface area contributed by atoms with Crippen LogP contribution in [-0.2, 0) is 0 Å². The molecule has 0 bridgehead atoms. The highest BCUT2D eigenvalue weighted by molar-refractivity contribution is 6.12. The summed E-state index contributed by atoms with van der Waals surface area (Å²) in [5.74, 6) is 4.03. The number of aryl methyl sites for hydroxylation is 4. The highest BCUT2D eigenvalue weighted by Crippen LogP contribution is 2.40. The molecule has 0 N–H and O–H groups in total. The van der Waals surface area contributed by atoms with Gasteiger partial charge in [-0.1, -0.05) is 36.4 Å². The van der Waals surface area contributed by atoms with Crippen molar-refractivity contribution in [3.63, 3.8) is 0 Å². The molecule has 0 aliphatic carbocycles. The van der Waals surface area contributed by atoms with Crippen LogP contribution in [0.4, 0.5) is 0 Å². The Kier molecular flexibility index (Phi) is 7.50. The first-order chi connectivity index (χ1) is 27.3. The molecule has 0 aliphatic heterocycles. The van der Waals surface area contributed by atoms with Gasteiger partial charge in [0.15, 0.2) is 11.6 Å². The number of hydrogen-bond donors (Lipinski definition) is 0. The van der Waals surface area contributed by atoms with Crippen molar-refractivity contribution in [1.82, 2.24) is 44.0 Å². The van der Waals surface area contributed by atoms with Crippen molar-refractivity contribution in [2.75, 3.05) is 0 Å². The summed E-state index contributed by atoms with van der Waals surface area (Å²) in [5, 5.41) is 14.9. The van der Waals surface area contributed by atoms with Gasteiger partial charge in [-0.25, -0.2) is 29.9 Å². The molecule has 10 heteroatoms. The van der Waals surface area contributed by atoms with Crippen LogP contribution in [0, 0.1) is 39.0 Å². The van der Waals surface area contributed by atoms with Crippen LogP contribution in [0.2, 0.25) is 0 Å². The third kappa shape index (κ3) is 5.28. The fourth-order valence-corrected chi connectivity index (χ4v) is 8.03. The Hall–Kier alpha value is -7.64. The highest BCUT2D eigenvalue weighted by atomic mass is 15.0. The third-order valence-electron chi connectivity index (χ3n) is 10.3. The van der Waals surface area contributed by atoms with Gasteiger partial charge in [0.05, 0.1) is 39.4 Å². The Morgan fingerprint density at radius 2 is 1.00 bits per heavy atom. The average Bonchev–Trinajstić information content (AvgIpc) is 3.72. The summed E-state index contributed by atoms with van der Waals surface area (Å²) in [6, 6.07) is 40.0. The summed E-state index contributed by atoms with van der Waals surface area (Å²) in [6.45, 7) is 7.54. The summed E-state index contributed by atoms with van der Waals surface area (Å²) < 4.78 is 4.52. The molecule has 0 saturated carbocycles. The Morgan fingerprint density at radius 1 is 0.482 bits per heavy atom. The fourth-order valence-electron chi connectivity index (χ4n) is 8.03. The number of hydrogen-bond acceptors (Lipinski definition) is 8. The van der Waals surface area contributed by atoms with Crippen molar-refractivity contribution in [3.8, 4) is 51.3 Å². The van der Waals surface area contributed by atoms with Gasteiger partial charge in [-0.3, -0.25) is 4.98 Å². The lowest BCUT2D eigenvalue weighted by Crippen LogP contribution is -2.01. The molecule has 10 rings (SSSR count). The lowest BCUT2D eigenvalue weighted by molar-refractivity contribution is 0.928. The number of nitriles is 1. The van der Waals surface area contributed by atoms with Crippen LogP contribution in [0.15, 0.2) is 122 Å². The first kappa shape index (κ1) is 33.0. The van der Waals surface area contributed by atoms with Crippen molar-refractivity contribution in [3.05, 3.63) is 150 Å². The molecule has 0 aliphatic rings. The highest BCUT2D eigenvalue weighted by Gasteiger charge is 2.21. The predicted octanol–water partition coefficient (Wildman–Crippen LogP) is 9.75. The van der Waals surface area contributed by atoms with Gasteiger partial charge in [0.25, 0.3) is 0 Å². The van der Waals surface area contributed by atoms with Crippen molar-refractivity contribution in [2.45, 2.75) is 27.7 Å². The summed E-state index contributed by atoms with van der Waals surface area (Å²) in [6.07, 6.45) is 3.66. The van der Waals surface area contributed by atoms with E-state index in [1.807, 2.05) is 52.1 Å². The third-order valence-corrected chi connectivity index (χ3v) is 10.3. The van der Waals surface area contributed by atoms with Crippen LogP contribution in [0.1, 0.15) is 28.9 Å². The number of pyridine rings is 1. The maximum absolute atomic E-state index is 10.5. The second-order valence-electron chi connectivity index (χ2n) is 13.9. The SMILES string of the molecule is Cc1nc(C)nc(-c2ccc3c(c2)c2ccccc2n3-c2ccc(C#N)c(-c3cnccc3-n3c4ccccc4c4cc(-c5nc(C)nc(C)n5)ccc43)c2)n1. The molecule has 5 aromatic carbocycles. The molecule has 56 heavy (non-hydrogen) atoms. The minimum absolute atomic E-state index is 0.551. The summed E-state index contributed by atoms with van der Waals surface area (Å²) in [4.78, 5) is 31.9. The minimum Gasteiger partial charge on any atom is -0.309 e. The zero-order valence-electron chi connectivity index (χ0n) is 31.0. The molecule has 0 spiro atoms. The molecular weight excluding hydrogens is 693 g/mol. The number of para-hydroxylation sites is 2. The van der Waals surface area contributed by atoms with E-state index in [1.54, 1.807) is 6.20 Å². The van der Waals surface area contributed by atoms with E-state index in [2.05, 4.69) is 141 Å². The van der Waals surface area contributed by atoms with Crippen molar-refractivity contribution in [2.24, 2.45) is 0 Å². The van der Waals surface area contributed by atoms with Crippen LogP contribution in [0.5, 0.6) is 0 Å². The average molecular weight is 725 g/mol. The van der Waals surface area contributed by atoms with Gasteiger partial charge in [0, 0.05) is 61.9 Å². The van der Waals surface area contributed by atoms with Crippen LogP contribution < -0.4 is 0 Å². The second kappa shape index (κ2) is 12.7. The Balaban J connectivity index is 1.17. The summed E-state index contributed by atoms with van der Waals surface area (Å²) in [7, 11) is 0. The van der Waals surface area contributed by atoms with Gasteiger partial charge in [-0.15, -0.1) is 0 Å². The predicted molar refractivity (Wildman–Crippen MR) is 220 cm³/mol. The van der Waals surface area contributed by atoms with Gasteiger partial charge in [-0.2, -0.15) is 5.26 Å². The quantitative estimate of drug-likeness (QED) is 0.172. The molecule has 10 aromatic rings. The maximum Gasteiger partial charge on any atom is 0.163 e. The monoisotopic (exact) mass is 724 g/mol. The number of benzene rings is 5. The van der Waals surface area contributed by atoms with Gasteiger partial charge in [0.2, 0.25) is 0 Å². The summed E-state index contributed by atoms with van der Waals surface area (Å²) >= 11 is 0. The molecule has 0 radical (unpaired) electrons. The molecule has 5 aromatic heterocycles. The van der Waals surface area contributed by atoms with Gasteiger partial charge in [0.1, 0.15) is 23.3 Å². The Labute approximate surface area is 321 Å². The normalized spacial score (nSPS) is 11.6. The molecule has 0 amide bonds. The molecule has 266 valence electrons. The van der Waals surface area contributed by atoms with E-state index in [9.17, 15) is 5.26 Å². The van der Waals surface area contributed by atoms with Crippen molar-refractivity contribution in [1.29, 1.82) is 5.26 Å². The van der Waals surface area contributed by atoms with Crippen molar-refractivity contribution >= 4 is 43.6 Å². The van der Waals surface area contributed by atoms with E-state index in [0.29, 0.717) is 40.5 Å². The first-order valence-electron chi connectivity index (χ1n) is 18.3. The number of aromatic nitrogens is 9. The molecular formula is C46H32N10. The number of fused-ring (bicyclic) bond motifs is 6. The molecule has 0 fully saturated rings. The lowest BCUT2D eigenvalue weighted by Gasteiger charge is -2.16. The number of rotatable bonds is 5. The van der Waals surface area contributed by atoms with Crippen LogP contribution >= 0.6 is 0 Å². The van der Waals surface area contributed by atoms with E-state index >= 15 is 0 Å². The van der Waals surface area contributed by atoms with Gasteiger partial charge in [-0.05, 0) is 100 Å². The smallest absolute Gasteiger partial charge is 0.163 e. The molecule has 0 atom stereocenters. The van der Waals surface area contributed by atoms with E-state index in [0.717, 1.165) is 77.2 Å². The van der Waals surface area contributed by atoms with Crippen molar-refractivity contribution < 1.29 is 0 Å². The largest absolute Gasteiger partial charge is 0.309 e. The fraction of sp³-hybridized carbons (Fsp3) is 0.0870. The first-order valence-corrected chi connectivity index (χ1v) is 18.3. The topological polar surface area (TPSA) is 124 Å². The van der Waals surface area contributed by atoms with Crippen LogP contribution in [0.3, 0.4) is 0 Å². The standard InChI is InChI=1S/C46H32N10/c1-26-49-27(2)52-45(51-26)30-14-17-42-37(21-30)34-9-5-7-11-40(34)55(42)33-16-13-32(24-47)36(23-33)39-25-48-20-19-44(39)56-41-12-8-6-10-35(41)38-22-31(15-18-43(38)56)46-53-28(3)50-29(4)54-46/h5-23,25H,1-4H3. The zero-order chi connectivity index (χ0) is 38.1. The molecule has 10 nitrogen and oxygen atoms in total. The second-order valence-corrected chi connectivity index (χ2v) is 13.9. The molecule has 5 heterocycles. The van der Waals surface area contributed by atoms with Crippen LogP contribution in [0.25, 0.3) is 88.9 Å².